The standard InChI is InChI=1S/C12H9IO2/c1-8-6-7-15-12(8)11(14)9-2-4-10(13)5-3-9/h2-7H,1H3. The quantitative estimate of drug-likeness (QED) is 0.628. The Kier molecular flexibility index (Phi) is 2.90. The molecule has 0 N–H and O–H groups in total. The summed E-state index contributed by atoms with van der Waals surface area (Å²) >= 11 is 2.21. The van der Waals surface area contributed by atoms with Crippen molar-refractivity contribution in [1.82, 2.24) is 0 Å². The zero-order valence-corrected chi connectivity index (χ0v) is 10.3. The Labute approximate surface area is 101 Å². The van der Waals surface area contributed by atoms with Crippen molar-refractivity contribution in [3.05, 3.63) is 57.1 Å². The molecular weight excluding hydrogens is 303 g/mol. The summed E-state index contributed by atoms with van der Waals surface area (Å²) in [5, 5.41) is 0. The molecule has 1 heterocycles. The zero-order valence-electron chi connectivity index (χ0n) is 8.16. The Balaban J connectivity index is 2.37. The van der Waals surface area contributed by atoms with E-state index in [1.165, 1.54) is 6.26 Å². The van der Waals surface area contributed by atoms with Crippen molar-refractivity contribution in [3.8, 4) is 0 Å². The molecule has 0 amide bonds. The van der Waals surface area contributed by atoms with E-state index in [0.29, 0.717) is 11.3 Å². The molecule has 0 saturated carbocycles. The molecule has 2 nitrogen and oxygen atoms in total. The van der Waals surface area contributed by atoms with Gasteiger partial charge in [-0.15, -0.1) is 0 Å². The van der Waals surface area contributed by atoms with Gasteiger partial charge >= 0.3 is 0 Å². The maximum atomic E-state index is 11.9. The lowest BCUT2D eigenvalue weighted by molar-refractivity contribution is 0.101. The monoisotopic (exact) mass is 312 g/mol. The first-order valence-corrected chi connectivity index (χ1v) is 5.61. The molecule has 3 heteroatoms. The SMILES string of the molecule is Cc1ccoc1C(=O)c1ccc(I)cc1. The molecule has 76 valence electrons. The summed E-state index contributed by atoms with van der Waals surface area (Å²) in [6.45, 7) is 1.86. The molecule has 1 aromatic heterocycles. The van der Waals surface area contributed by atoms with Crippen LogP contribution in [0.2, 0.25) is 0 Å². The Morgan fingerprint density at radius 1 is 1.20 bits per heavy atom. The highest BCUT2D eigenvalue weighted by molar-refractivity contribution is 14.1. The minimum Gasteiger partial charge on any atom is -0.461 e. The van der Waals surface area contributed by atoms with Gasteiger partial charge in [-0.05, 0) is 65.4 Å². The van der Waals surface area contributed by atoms with E-state index in [9.17, 15) is 4.79 Å². The second-order valence-corrected chi connectivity index (χ2v) is 4.51. The minimum absolute atomic E-state index is 0.0612. The molecule has 0 bridgehead atoms. The van der Waals surface area contributed by atoms with Crippen LogP contribution in [-0.4, -0.2) is 5.78 Å². The van der Waals surface area contributed by atoms with Gasteiger partial charge in [-0.25, -0.2) is 0 Å². The van der Waals surface area contributed by atoms with Crippen LogP contribution in [0.15, 0.2) is 41.0 Å². The average Bonchev–Trinajstić information content (AvgIpc) is 2.65. The van der Waals surface area contributed by atoms with Crippen LogP contribution in [0, 0.1) is 10.5 Å². The van der Waals surface area contributed by atoms with E-state index in [2.05, 4.69) is 22.6 Å². The number of furan rings is 1. The number of carbonyl (C=O) groups excluding carboxylic acids is 1. The second kappa shape index (κ2) is 4.18. The number of carbonyl (C=O) groups is 1. The van der Waals surface area contributed by atoms with E-state index in [0.717, 1.165) is 9.13 Å². The van der Waals surface area contributed by atoms with Gasteiger partial charge in [0, 0.05) is 9.13 Å². The fraction of sp³-hybridized carbons (Fsp3) is 0.0833. The number of ketones is 1. The first-order valence-electron chi connectivity index (χ1n) is 4.53. The summed E-state index contributed by atoms with van der Waals surface area (Å²) in [5.74, 6) is 0.366. The number of halogens is 1. The number of benzene rings is 1. The summed E-state index contributed by atoms with van der Waals surface area (Å²) in [5.41, 5.74) is 1.53. The summed E-state index contributed by atoms with van der Waals surface area (Å²) in [4.78, 5) is 11.9. The van der Waals surface area contributed by atoms with E-state index in [1.54, 1.807) is 6.07 Å². The Morgan fingerprint density at radius 3 is 2.40 bits per heavy atom. The molecule has 0 atom stereocenters. The molecule has 1 aromatic carbocycles. The van der Waals surface area contributed by atoms with Gasteiger partial charge in [0.25, 0.3) is 0 Å². The Hall–Kier alpha value is -1.10. The molecule has 15 heavy (non-hydrogen) atoms. The zero-order chi connectivity index (χ0) is 10.8. The Morgan fingerprint density at radius 2 is 1.87 bits per heavy atom. The molecule has 0 aliphatic carbocycles. The van der Waals surface area contributed by atoms with Crippen LogP contribution < -0.4 is 0 Å². The number of aryl methyl sites for hydroxylation is 1. The lowest BCUT2D eigenvalue weighted by atomic mass is 10.1. The Bertz CT molecular complexity index is 483. The van der Waals surface area contributed by atoms with Gasteiger partial charge in [-0.3, -0.25) is 4.79 Å². The van der Waals surface area contributed by atoms with Crippen LogP contribution in [0.5, 0.6) is 0 Å². The highest BCUT2D eigenvalue weighted by atomic mass is 127. The van der Waals surface area contributed by atoms with Gasteiger partial charge in [0.05, 0.1) is 6.26 Å². The van der Waals surface area contributed by atoms with Crippen LogP contribution in [0.25, 0.3) is 0 Å². The molecular formula is C12H9IO2. The van der Waals surface area contributed by atoms with Crippen molar-refractivity contribution < 1.29 is 9.21 Å². The molecule has 0 radical (unpaired) electrons. The predicted octanol–water partition coefficient (Wildman–Crippen LogP) is 3.42. The molecule has 2 rings (SSSR count). The topological polar surface area (TPSA) is 30.2 Å². The van der Waals surface area contributed by atoms with Crippen LogP contribution in [-0.2, 0) is 0 Å². The lowest BCUT2D eigenvalue weighted by Gasteiger charge is -1.99. The van der Waals surface area contributed by atoms with E-state index in [1.807, 2.05) is 31.2 Å². The van der Waals surface area contributed by atoms with E-state index in [-0.39, 0.29) is 5.78 Å². The van der Waals surface area contributed by atoms with Crippen molar-refractivity contribution >= 4 is 28.4 Å². The van der Waals surface area contributed by atoms with E-state index < -0.39 is 0 Å². The molecule has 0 aliphatic heterocycles. The van der Waals surface area contributed by atoms with Gasteiger partial charge in [0.1, 0.15) is 0 Å². The van der Waals surface area contributed by atoms with E-state index in [4.69, 9.17) is 4.42 Å². The van der Waals surface area contributed by atoms with Crippen molar-refractivity contribution in [2.75, 3.05) is 0 Å². The highest BCUT2D eigenvalue weighted by Gasteiger charge is 2.14. The molecule has 0 saturated heterocycles. The third-order valence-corrected chi connectivity index (χ3v) is 2.89. The van der Waals surface area contributed by atoms with Crippen molar-refractivity contribution in [2.24, 2.45) is 0 Å². The summed E-state index contributed by atoms with van der Waals surface area (Å²) < 4.78 is 6.27. The summed E-state index contributed by atoms with van der Waals surface area (Å²) in [6, 6.07) is 9.23. The maximum Gasteiger partial charge on any atom is 0.228 e. The van der Waals surface area contributed by atoms with Gasteiger partial charge in [0.15, 0.2) is 5.76 Å². The molecule has 0 fully saturated rings. The summed E-state index contributed by atoms with van der Waals surface area (Å²) in [6.07, 6.45) is 1.54. The first kappa shape index (κ1) is 10.4. The number of rotatable bonds is 2. The van der Waals surface area contributed by atoms with Crippen LogP contribution in [0.1, 0.15) is 21.7 Å². The first-order chi connectivity index (χ1) is 7.18. The van der Waals surface area contributed by atoms with Crippen molar-refractivity contribution in [3.63, 3.8) is 0 Å². The fourth-order valence-corrected chi connectivity index (χ4v) is 1.70. The predicted molar refractivity (Wildman–Crippen MR) is 66.0 cm³/mol. The van der Waals surface area contributed by atoms with Crippen molar-refractivity contribution in [2.45, 2.75) is 6.92 Å². The summed E-state index contributed by atoms with van der Waals surface area (Å²) in [7, 11) is 0. The molecule has 2 aromatic rings. The number of hydrogen-bond donors (Lipinski definition) is 0. The highest BCUT2D eigenvalue weighted by Crippen LogP contribution is 2.15. The maximum absolute atomic E-state index is 11.9. The molecule has 0 unspecified atom stereocenters. The normalized spacial score (nSPS) is 10.3. The minimum atomic E-state index is -0.0612. The van der Waals surface area contributed by atoms with Gasteiger partial charge < -0.3 is 4.42 Å². The van der Waals surface area contributed by atoms with Crippen molar-refractivity contribution in [1.29, 1.82) is 0 Å². The van der Waals surface area contributed by atoms with Crippen LogP contribution >= 0.6 is 22.6 Å². The van der Waals surface area contributed by atoms with E-state index >= 15 is 0 Å². The van der Waals surface area contributed by atoms with Crippen LogP contribution in [0.3, 0.4) is 0 Å². The lowest BCUT2D eigenvalue weighted by Crippen LogP contribution is -2.01. The fourth-order valence-electron chi connectivity index (χ4n) is 1.34. The molecule has 0 spiro atoms. The van der Waals surface area contributed by atoms with Gasteiger partial charge in [-0.1, -0.05) is 0 Å². The van der Waals surface area contributed by atoms with Gasteiger partial charge in [0.2, 0.25) is 5.78 Å². The van der Waals surface area contributed by atoms with Crippen LogP contribution in [0.4, 0.5) is 0 Å². The third-order valence-electron chi connectivity index (χ3n) is 2.17. The smallest absolute Gasteiger partial charge is 0.228 e. The molecule has 0 aliphatic rings. The number of hydrogen-bond acceptors (Lipinski definition) is 2. The van der Waals surface area contributed by atoms with Gasteiger partial charge in [-0.2, -0.15) is 0 Å². The third kappa shape index (κ3) is 2.12. The average molecular weight is 312 g/mol. The largest absolute Gasteiger partial charge is 0.461 e. The second-order valence-electron chi connectivity index (χ2n) is 3.27.